The summed E-state index contributed by atoms with van der Waals surface area (Å²) in [6.07, 6.45) is 0.456. The van der Waals surface area contributed by atoms with Crippen LogP contribution in [0.15, 0.2) is 23.4 Å². The Morgan fingerprint density at radius 3 is 1.69 bits per heavy atom. The number of hydrogen-bond acceptors (Lipinski definition) is 8. The molecule has 2 aromatic carbocycles. The Bertz CT molecular complexity index is 914. The van der Waals surface area contributed by atoms with Gasteiger partial charge < -0.3 is 33.6 Å². The van der Waals surface area contributed by atoms with Crippen molar-refractivity contribution in [1.82, 2.24) is 0 Å². The molecule has 1 aliphatic rings. The molecule has 0 aromatic heterocycles. The highest BCUT2D eigenvalue weighted by Gasteiger charge is 2.37. The standard InChI is InChI=1S/C21H25NO7/c1-24-15-7-11(8-16(25-2)19(15)27-4)12-9-14(22-23)13-10-17(26-3)20(28-5)21(29-6)18(12)13/h7-8,10,12,23H,9H2,1-6H3/b22-14+. The zero-order valence-electron chi connectivity index (χ0n) is 17.4. The molecule has 29 heavy (non-hydrogen) atoms. The van der Waals surface area contributed by atoms with Crippen LogP contribution in [0.25, 0.3) is 0 Å². The van der Waals surface area contributed by atoms with Crippen LogP contribution < -0.4 is 28.4 Å². The summed E-state index contributed by atoms with van der Waals surface area (Å²) >= 11 is 0. The van der Waals surface area contributed by atoms with E-state index in [1.165, 1.54) is 0 Å². The number of nitrogens with zero attached hydrogens (tertiary/aromatic N) is 1. The van der Waals surface area contributed by atoms with E-state index in [2.05, 4.69) is 5.16 Å². The average molecular weight is 403 g/mol. The van der Waals surface area contributed by atoms with Gasteiger partial charge in [-0.25, -0.2) is 0 Å². The molecule has 156 valence electrons. The van der Waals surface area contributed by atoms with E-state index in [1.54, 1.807) is 48.7 Å². The normalized spacial score (nSPS) is 16.3. The molecule has 3 rings (SSSR count). The molecule has 0 amide bonds. The third-order valence-electron chi connectivity index (χ3n) is 5.14. The molecule has 0 saturated heterocycles. The van der Waals surface area contributed by atoms with Gasteiger partial charge in [0.25, 0.3) is 0 Å². The number of benzene rings is 2. The Morgan fingerprint density at radius 2 is 1.24 bits per heavy atom. The van der Waals surface area contributed by atoms with Gasteiger partial charge in [0.1, 0.15) is 0 Å². The first-order valence-electron chi connectivity index (χ1n) is 8.92. The summed E-state index contributed by atoms with van der Waals surface area (Å²) in [6, 6.07) is 5.56. The molecule has 1 aliphatic carbocycles. The minimum absolute atomic E-state index is 0.181. The van der Waals surface area contributed by atoms with Crippen molar-refractivity contribution < 1.29 is 33.6 Å². The molecule has 0 aliphatic heterocycles. The predicted molar refractivity (Wildman–Crippen MR) is 107 cm³/mol. The Hall–Kier alpha value is -3.29. The molecule has 0 saturated carbocycles. The molecule has 0 fully saturated rings. The SMILES string of the molecule is COc1cc(C2C/C(=N\O)c3cc(OC)c(OC)c(OC)c32)cc(OC)c1OC. The summed E-state index contributed by atoms with van der Waals surface area (Å²) in [5.74, 6) is 2.90. The van der Waals surface area contributed by atoms with Crippen molar-refractivity contribution in [3.63, 3.8) is 0 Å². The second-order valence-electron chi connectivity index (χ2n) is 6.37. The van der Waals surface area contributed by atoms with Crippen molar-refractivity contribution in [3.05, 3.63) is 34.9 Å². The Balaban J connectivity index is 2.28. The first kappa shape index (κ1) is 20.4. The van der Waals surface area contributed by atoms with Gasteiger partial charge in [0.2, 0.25) is 11.5 Å². The molecule has 8 heteroatoms. The summed E-state index contributed by atoms with van der Waals surface area (Å²) in [5, 5.41) is 13.1. The molecule has 2 aromatic rings. The molecule has 0 radical (unpaired) electrons. The van der Waals surface area contributed by atoms with E-state index in [0.717, 1.165) is 16.7 Å². The van der Waals surface area contributed by atoms with E-state index < -0.39 is 0 Å². The Labute approximate surface area is 169 Å². The van der Waals surface area contributed by atoms with Gasteiger partial charge in [0, 0.05) is 23.5 Å². The van der Waals surface area contributed by atoms with E-state index in [0.29, 0.717) is 46.6 Å². The summed E-state index contributed by atoms with van der Waals surface area (Å²) in [5.41, 5.74) is 3.00. The van der Waals surface area contributed by atoms with E-state index >= 15 is 0 Å². The molecule has 8 nitrogen and oxygen atoms in total. The number of fused-ring (bicyclic) bond motifs is 1. The highest BCUT2D eigenvalue weighted by atomic mass is 16.5. The van der Waals surface area contributed by atoms with Crippen LogP contribution in [0.1, 0.15) is 29.0 Å². The number of hydrogen-bond donors (Lipinski definition) is 1. The van der Waals surface area contributed by atoms with Gasteiger partial charge in [-0.3, -0.25) is 0 Å². The maximum Gasteiger partial charge on any atom is 0.203 e. The maximum atomic E-state index is 9.62. The van der Waals surface area contributed by atoms with E-state index in [4.69, 9.17) is 28.4 Å². The molecule has 1 unspecified atom stereocenters. The fraction of sp³-hybridized carbons (Fsp3) is 0.381. The zero-order chi connectivity index (χ0) is 21.1. The fourth-order valence-corrected chi connectivity index (χ4v) is 3.85. The van der Waals surface area contributed by atoms with Gasteiger partial charge in [0.05, 0.1) is 48.4 Å². The lowest BCUT2D eigenvalue weighted by Gasteiger charge is -2.21. The van der Waals surface area contributed by atoms with Gasteiger partial charge in [-0.15, -0.1) is 0 Å². The monoisotopic (exact) mass is 403 g/mol. The lowest BCUT2D eigenvalue weighted by molar-refractivity contribution is 0.318. The topological polar surface area (TPSA) is 88.0 Å². The molecular formula is C21H25NO7. The lowest BCUT2D eigenvalue weighted by atomic mass is 9.91. The second-order valence-corrected chi connectivity index (χ2v) is 6.37. The summed E-state index contributed by atoms with van der Waals surface area (Å²) in [7, 11) is 9.36. The summed E-state index contributed by atoms with van der Waals surface area (Å²) in [6.45, 7) is 0. The number of ether oxygens (including phenoxy) is 6. The molecular weight excluding hydrogens is 378 g/mol. The summed E-state index contributed by atoms with van der Waals surface area (Å²) in [4.78, 5) is 0. The highest BCUT2D eigenvalue weighted by molar-refractivity contribution is 6.07. The van der Waals surface area contributed by atoms with Gasteiger partial charge in [-0.05, 0) is 23.8 Å². The van der Waals surface area contributed by atoms with Crippen LogP contribution in [0.5, 0.6) is 34.5 Å². The van der Waals surface area contributed by atoms with Crippen molar-refractivity contribution >= 4 is 5.71 Å². The van der Waals surface area contributed by atoms with Crippen molar-refractivity contribution in [2.75, 3.05) is 42.7 Å². The van der Waals surface area contributed by atoms with Crippen LogP contribution in [-0.4, -0.2) is 53.6 Å². The van der Waals surface area contributed by atoms with E-state index in [9.17, 15) is 5.21 Å². The van der Waals surface area contributed by atoms with Crippen LogP contribution in [0.2, 0.25) is 0 Å². The van der Waals surface area contributed by atoms with Crippen LogP contribution in [0, 0.1) is 0 Å². The number of oxime groups is 1. The zero-order valence-corrected chi connectivity index (χ0v) is 17.4. The largest absolute Gasteiger partial charge is 0.493 e. The molecule has 1 atom stereocenters. The second kappa shape index (κ2) is 8.38. The Kier molecular flexibility index (Phi) is 5.91. The molecule has 1 N–H and O–H groups in total. The van der Waals surface area contributed by atoms with Crippen LogP contribution in [0.3, 0.4) is 0 Å². The molecule has 0 heterocycles. The third kappa shape index (κ3) is 3.24. The van der Waals surface area contributed by atoms with Crippen molar-refractivity contribution in [3.8, 4) is 34.5 Å². The van der Waals surface area contributed by atoms with E-state index in [-0.39, 0.29) is 5.92 Å². The average Bonchev–Trinajstić information content (AvgIpc) is 3.14. The fourth-order valence-electron chi connectivity index (χ4n) is 3.85. The minimum Gasteiger partial charge on any atom is -0.493 e. The van der Waals surface area contributed by atoms with Gasteiger partial charge >= 0.3 is 0 Å². The Morgan fingerprint density at radius 1 is 0.724 bits per heavy atom. The minimum atomic E-state index is -0.181. The quantitative estimate of drug-likeness (QED) is 0.559. The lowest BCUT2D eigenvalue weighted by Crippen LogP contribution is -2.04. The van der Waals surface area contributed by atoms with E-state index in [1.807, 2.05) is 12.1 Å². The highest BCUT2D eigenvalue weighted by Crippen LogP contribution is 2.53. The van der Waals surface area contributed by atoms with Crippen molar-refractivity contribution in [2.24, 2.45) is 5.16 Å². The smallest absolute Gasteiger partial charge is 0.203 e. The van der Waals surface area contributed by atoms with Crippen molar-refractivity contribution in [1.29, 1.82) is 0 Å². The van der Waals surface area contributed by atoms with Gasteiger partial charge in [-0.2, -0.15) is 0 Å². The number of methoxy groups -OCH3 is 6. The van der Waals surface area contributed by atoms with Crippen LogP contribution in [0.4, 0.5) is 0 Å². The first-order valence-corrected chi connectivity index (χ1v) is 8.92. The van der Waals surface area contributed by atoms with Crippen molar-refractivity contribution in [2.45, 2.75) is 12.3 Å². The van der Waals surface area contributed by atoms with Gasteiger partial charge in [-0.1, -0.05) is 5.16 Å². The number of rotatable bonds is 7. The maximum absolute atomic E-state index is 9.62. The molecule has 0 bridgehead atoms. The third-order valence-corrected chi connectivity index (χ3v) is 5.14. The summed E-state index contributed by atoms with van der Waals surface area (Å²) < 4.78 is 33.1. The van der Waals surface area contributed by atoms with Gasteiger partial charge in [0.15, 0.2) is 23.0 Å². The van der Waals surface area contributed by atoms with Crippen LogP contribution in [-0.2, 0) is 0 Å². The predicted octanol–water partition coefficient (Wildman–Crippen LogP) is 3.45. The molecule has 0 spiro atoms. The van der Waals surface area contributed by atoms with Crippen LogP contribution >= 0.6 is 0 Å². The first-order chi connectivity index (χ1) is 14.1.